The second kappa shape index (κ2) is 3.21. The number of hydrogen-bond donors (Lipinski definition) is 0. The maximum Gasteiger partial charge on any atom is 0.0899 e. The summed E-state index contributed by atoms with van der Waals surface area (Å²) in [6, 6.07) is 0. The van der Waals surface area contributed by atoms with Gasteiger partial charge in [0.1, 0.15) is 0 Å². The van der Waals surface area contributed by atoms with Crippen molar-refractivity contribution in [2.24, 2.45) is 11.3 Å². The monoisotopic (exact) mass is 208 g/mol. The van der Waals surface area contributed by atoms with Crippen LogP contribution in [0.3, 0.4) is 0 Å². The fraction of sp³-hybridized carbons (Fsp3) is 1.00. The number of alkyl halides is 2. The van der Waals surface area contributed by atoms with Gasteiger partial charge in [0.05, 0.1) is 6.67 Å². The van der Waals surface area contributed by atoms with E-state index in [1.807, 2.05) is 0 Å². The number of halogens is 2. The van der Waals surface area contributed by atoms with Gasteiger partial charge in [-0.25, -0.2) is 0 Å². The highest BCUT2D eigenvalue weighted by Gasteiger charge is 2.38. The summed E-state index contributed by atoms with van der Waals surface area (Å²) in [5.74, 6) is 0.816. The molecular formula is C8H14BrF. The van der Waals surface area contributed by atoms with E-state index >= 15 is 0 Å². The summed E-state index contributed by atoms with van der Waals surface area (Å²) in [7, 11) is 0. The van der Waals surface area contributed by atoms with Gasteiger partial charge in [-0.2, -0.15) is 0 Å². The van der Waals surface area contributed by atoms with Gasteiger partial charge >= 0.3 is 0 Å². The van der Waals surface area contributed by atoms with E-state index in [9.17, 15) is 4.39 Å². The third-order valence-corrected chi connectivity index (χ3v) is 3.39. The Morgan fingerprint density at radius 1 is 1.60 bits per heavy atom. The van der Waals surface area contributed by atoms with Crippen LogP contribution in [0.25, 0.3) is 0 Å². The molecule has 0 radical (unpaired) electrons. The molecule has 0 heterocycles. The summed E-state index contributed by atoms with van der Waals surface area (Å²) in [5.41, 5.74) is 0.340. The normalized spacial score (nSPS) is 39.3. The SMILES string of the molecule is CC1(CCF)CC(CBr)C1. The van der Waals surface area contributed by atoms with Crippen molar-refractivity contribution in [1.29, 1.82) is 0 Å². The minimum absolute atomic E-state index is 0.147. The molecule has 10 heavy (non-hydrogen) atoms. The lowest BCUT2D eigenvalue weighted by atomic mass is 9.62. The van der Waals surface area contributed by atoms with Crippen LogP contribution in [0.4, 0.5) is 4.39 Å². The van der Waals surface area contributed by atoms with Crippen molar-refractivity contribution < 1.29 is 4.39 Å². The molecule has 0 aliphatic heterocycles. The Kier molecular flexibility index (Phi) is 2.73. The second-order valence-corrected chi connectivity index (χ2v) is 4.33. The Morgan fingerprint density at radius 2 is 2.20 bits per heavy atom. The lowest BCUT2D eigenvalue weighted by molar-refractivity contribution is 0.0726. The number of rotatable bonds is 3. The van der Waals surface area contributed by atoms with Gasteiger partial charge in [0.25, 0.3) is 0 Å². The molecule has 0 amide bonds. The third kappa shape index (κ3) is 1.71. The summed E-state index contributed by atoms with van der Waals surface area (Å²) in [6.07, 6.45) is 3.18. The molecule has 0 aromatic heterocycles. The molecule has 0 N–H and O–H groups in total. The zero-order valence-corrected chi connectivity index (χ0v) is 7.95. The Hall–Kier alpha value is 0.410. The van der Waals surface area contributed by atoms with Gasteiger partial charge in [-0.05, 0) is 30.6 Å². The first-order valence-electron chi connectivity index (χ1n) is 3.82. The van der Waals surface area contributed by atoms with Crippen LogP contribution >= 0.6 is 15.9 Å². The Morgan fingerprint density at radius 3 is 2.60 bits per heavy atom. The van der Waals surface area contributed by atoms with Crippen LogP contribution < -0.4 is 0 Å². The maximum absolute atomic E-state index is 11.9. The summed E-state index contributed by atoms with van der Waals surface area (Å²) in [4.78, 5) is 0. The molecule has 1 fully saturated rings. The zero-order valence-electron chi connectivity index (χ0n) is 6.37. The van der Waals surface area contributed by atoms with Crippen LogP contribution in [0.5, 0.6) is 0 Å². The smallest absolute Gasteiger partial charge is 0.0899 e. The van der Waals surface area contributed by atoms with Crippen LogP contribution in [0.2, 0.25) is 0 Å². The maximum atomic E-state index is 11.9. The van der Waals surface area contributed by atoms with Crippen LogP contribution in [-0.4, -0.2) is 12.0 Å². The molecule has 0 aromatic carbocycles. The lowest BCUT2D eigenvalue weighted by Crippen LogP contribution is -2.35. The molecule has 0 nitrogen and oxygen atoms in total. The first-order valence-corrected chi connectivity index (χ1v) is 4.94. The molecule has 1 saturated carbocycles. The predicted molar refractivity (Wildman–Crippen MR) is 45.2 cm³/mol. The molecule has 60 valence electrons. The van der Waals surface area contributed by atoms with E-state index in [0.717, 1.165) is 17.7 Å². The molecule has 1 aliphatic carbocycles. The van der Waals surface area contributed by atoms with Gasteiger partial charge in [-0.1, -0.05) is 22.9 Å². The first-order chi connectivity index (χ1) is 4.70. The van der Waals surface area contributed by atoms with E-state index in [1.165, 1.54) is 12.8 Å². The van der Waals surface area contributed by atoms with E-state index in [4.69, 9.17) is 0 Å². The summed E-state index contributed by atoms with van der Waals surface area (Å²) in [6.45, 7) is 2.04. The minimum atomic E-state index is -0.147. The van der Waals surface area contributed by atoms with E-state index < -0.39 is 0 Å². The first kappa shape index (κ1) is 8.51. The average Bonchev–Trinajstić information content (AvgIpc) is 1.83. The molecule has 1 rings (SSSR count). The van der Waals surface area contributed by atoms with Crippen molar-refractivity contribution in [3.63, 3.8) is 0 Å². The average molecular weight is 209 g/mol. The lowest BCUT2D eigenvalue weighted by Gasteiger charge is -2.44. The van der Waals surface area contributed by atoms with Crippen molar-refractivity contribution in [3.05, 3.63) is 0 Å². The van der Waals surface area contributed by atoms with Gasteiger partial charge < -0.3 is 0 Å². The highest BCUT2D eigenvalue weighted by Crippen LogP contribution is 2.48. The quantitative estimate of drug-likeness (QED) is 0.626. The van der Waals surface area contributed by atoms with E-state index in [-0.39, 0.29) is 6.67 Å². The van der Waals surface area contributed by atoms with Gasteiger partial charge in [-0.3, -0.25) is 4.39 Å². The van der Waals surface area contributed by atoms with Crippen molar-refractivity contribution in [2.75, 3.05) is 12.0 Å². The summed E-state index contributed by atoms with van der Waals surface area (Å²) >= 11 is 3.44. The summed E-state index contributed by atoms with van der Waals surface area (Å²) in [5, 5.41) is 1.09. The van der Waals surface area contributed by atoms with Crippen molar-refractivity contribution in [3.8, 4) is 0 Å². The zero-order chi connectivity index (χ0) is 7.61. The van der Waals surface area contributed by atoms with E-state index in [2.05, 4.69) is 22.9 Å². The van der Waals surface area contributed by atoms with Gasteiger partial charge in [-0.15, -0.1) is 0 Å². The highest BCUT2D eigenvalue weighted by molar-refractivity contribution is 9.09. The molecular weight excluding hydrogens is 195 g/mol. The van der Waals surface area contributed by atoms with Gasteiger partial charge in [0.2, 0.25) is 0 Å². The van der Waals surface area contributed by atoms with Gasteiger partial charge in [0.15, 0.2) is 0 Å². The van der Waals surface area contributed by atoms with Gasteiger partial charge in [0, 0.05) is 5.33 Å². The fourth-order valence-corrected chi connectivity index (χ4v) is 2.33. The van der Waals surface area contributed by atoms with Crippen LogP contribution in [-0.2, 0) is 0 Å². The molecule has 0 bridgehead atoms. The second-order valence-electron chi connectivity index (χ2n) is 3.68. The molecule has 1 aliphatic rings. The largest absolute Gasteiger partial charge is 0.251 e. The van der Waals surface area contributed by atoms with Crippen molar-refractivity contribution in [2.45, 2.75) is 26.2 Å². The Labute approximate surface area is 70.3 Å². The Balaban J connectivity index is 2.20. The third-order valence-electron chi connectivity index (χ3n) is 2.48. The van der Waals surface area contributed by atoms with Crippen LogP contribution in [0.1, 0.15) is 26.2 Å². The van der Waals surface area contributed by atoms with Crippen molar-refractivity contribution in [1.82, 2.24) is 0 Å². The standard InChI is InChI=1S/C8H14BrF/c1-8(2-3-10)4-7(5-8)6-9/h7H,2-6H2,1H3. The van der Waals surface area contributed by atoms with Crippen molar-refractivity contribution >= 4 is 15.9 Å². The highest BCUT2D eigenvalue weighted by atomic mass is 79.9. The topological polar surface area (TPSA) is 0 Å². The fourth-order valence-electron chi connectivity index (χ4n) is 1.88. The van der Waals surface area contributed by atoms with Crippen LogP contribution in [0.15, 0.2) is 0 Å². The summed E-state index contributed by atoms with van der Waals surface area (Å²) < 4.78 is 11.9. The van der Waals surface area contributed by atoms with Crippen LogP contribution in [0, 0.1) is 11.3 Å². The molecule has 0 saturated heterocycles. The molecule has 0 atom stereocenters. The molecule has 0 aromatic rings. The predicted octanol–water partition coefficient (Wildman–Crippen LogP) is 3.16. The minimum Gasteiger partial charge on any atom is -0.251 e. The van der Waals surface area contributed by atoms with E-state index in [0.29, 0.717) is 5.41 Å². The molecule has 0 unspecified atom stereocenters. The van der Waals surface area contributed by atoms with E-state index in [1.54, 1.807) is 0 Å². The Bertz CT molecular complexity index is 108. The molecule has 0 spiro atoms. The number of hydrogen-bond acceptors (Lipinski definition) is 0. The molecule has 2 heteroatoms.